The number of nitrogens with zero attached hydrogens (tertiary/aromatic N) is 1. The van der Waals surface area contributed by atoms with Gasteiger partial charge in [-0.3, -0.25) is 4.79 Å². The van der Waals surface area contributed by atoms with E-state index in [4.69, 9.17) is 10.5 Å². The highest BCUT2D eigenvalue weighted by Crippen LogP contribution is 2.29. The predicted octanol–water partition coefficient (Wildman–Crippen LogP) is 2.61. The lowest BCUT2D eigenvalue weighted by Crippen LogP contribution is -2.58. The summed E-state index contributed by atoms with van der Waals surface area (Å²) in [6.07, 6.45) is 0. The van der Waals surface area contributed by atoms with Crippen molar-refractivity contribution < 1.29 is 9.53 Å². The fourth-order valence-corrected chi connectivity index (χ4v) is 3.03. The maximum absolute atomic E-state index is 12.7. The number of hydrogen-bond acceptors (Lipinski definition) is 3. The van der Waals surface area contributed by atoms with Gasteiger partial charge in [0.15, 0.2) is 0 Å². The van der Waals surface area contributed by atoms with Crippen LogP contribution in [0.25, 0.3) is 0 Å². The molecule has 1 aromatic rings. The zero-order valence-electron chi connectivity index (χ0n) is 13.0. The van der Waals surface area contributed by atoms with Crippen molar-refractivity contribution in [3.05, 3.63) is 29.3 Å². The number of nitrogen functional groups attached to an aromatic ring is 1. The highest BCUT2D eigenvalue weighted by Gasteiger charge is 2.40. The van der Waals surface area contributed by atoms with Crippen molar-refractivity contribution in [2.45, 2.75) is 45.8 Å². The van der Waals surface area contributed by atoms with Crippen LogP contribution in [0.2, 0.25) is 0 Å². The summed E-state index contributed by atoms with van der Waals surface area (Å²) >= 11 is 0. The lowest BCUT2D eigenvalue weighted by atomic mass is 9.97. The van der Waals surface area contributed by atoms with Crippen molar-refractivity contribution in [3.8, 4) is 0 Å². The summed E-state index contributed by atoms with van der Waals surface area (Å²) in [6.45, 7) is 11.2. The molecule has 0 atom stereocenters. The van der Waals surface area contributed by atoms with Crippen LogP contribution in [0.3, 0.4) is 0 Å². The number of morpholine rings is 1. The number of amides is 1. The van der Waals surface area contributed by atoms with E-state index in [-0.39, 0.29) is 17.1 Å². The monoisotopic (exact) mass is 276 g/mol. The summed E-state index contributed by atoms with van der Waals surface area (Å²) in [5.41, 5.74) is 7.39. The average Bonchev–Trinajstić information content (AvgIpc) is 2.23. The number of ether oxygens (including phenoxy) is 1. The Balaban J connectivity index is 2.28. The molecule has 4 heteroatoms. The topological polar surface area (TPSA) is 55.6 Å². The molecule has 0 saturated carbocycles. The Labute approximate surface area is 120 Å². The second-order valence-corrected chi connectivity index (χ2v) is 6.86. The summed E-state index contributed by atoms with van der Waals surface area (Å²) in [4.78, 5) is 14.6. The van der Waals surface area contributed by atoms with E-state index in [9.17, 15) is 4.79 Å². The number of hydrogen-bond donors (Lipinski definition) is 1. The Morgan fingerprint density at radius 1 is 1.20 bits per heavy atom. The van der Waals surface area contributed by atoms with Gasteiger partial charge in [-0.2, -0.15) is 0 Å². The predicted molar refractivity (Wildman–Crippen MR) is 80.7 cm³/mol. The molecule has 1 saturated heterocycles. The average molecular weight is 276 g/mol. The molecule has 1 heterocycles. The number of carbonyl (C=O) groups excluding carboxylic acids is 1. The molecule has 1 aromatic carbocycles. The van der Waals surface area contributed by atoms with E-state index in [0.29, 0.717) is 24.3 Å². The zero-order valence-corrected chi connectivity index (χ0v) is 13.0. The van der Waals surface area contributed by atoms with Gasteiger partial charge in [-0.25, -0.2) is 0 Å². The van der Waals surface area contributed by atoms with Gasteiger partial charge in [0.05, 0.1) is 11.2 Å². The second kappa shape index (κ2) is 4.77. The van der Waals surface area contributed by atoms with Crippen LogP contribution in [0.5, 0.6) is 0 Å². The third kappa shape index (κ3) is 3.12. The van der Waals surface area contributed by atoms with Crippen LogP contribution in [-0.4, -0.2) is 35.1 Å². The van der Waals surface area contributed by atoms with Gasteiger partial charge in [0.25, 0.3) is 5.91 Å². The van der Waals surface area contributed by atoms with Gasteiger partial charge in [-0.1, -0.05) is 0 Å². The standard InChI is InChI=1S/C16H24N2O2/c1-11-8-12(17)6-7-13(11)14(19)18-9-15(2,3)20-16(4,5)10-18/h6-8H,9-10,17H2,1-5H3. The van der Waals surface area contributed by atoms with Crippen LogP contribution in [0.1, 0.15) is 43.6 Å². The molecule has 1 amide bonds. The van der Waals surface area contributed by atoms with Gasteiger partial charge in [-0.05, 0) is 58.4 Å². The number of nitrogens with two attached hydrogens (primary N) is 1. The molecule has 0 bridgehead atoms. The van der Waals surface area contributed by atoms with E-state index in [1.54, 1.807) is 6.07 Å². The summed E-state index contributed by atoms with van der Waals surface area (Å²) < 4.78 is 6.01. The van der Waals surface area contributed by atoms with Crippen LogP contribution < -0.4 is 5.73 Å². The molecule has 0 spiro atoms. The molecule has 0 aromatic heterocycles. The van der Waals surface area contributed by atoms with Crippen molar-refractivity contribution in [1.29, 1.82) is 0 Å². The van der Waals surface area contributed by atoms with E-state index < -0.39 is 0 Å². The van der Waals surface area contributed by atoms with E-state index in [1.165, 1.54) is 0 Å². The Morgan fingerprint density at radius 2 is 1.75 bits per heavy atom. The second-order valence-electron chi connectivity index (χ2n) is 6.86. The fraction of sp³-hybridized carbons (Fsp3) is 0.562. The van der Waals surface area contributed by atoms with Gasteiger partial charge >= 0.3 is 0 Å². The van der Waals surface area contributed by atoms with Gasteiger partial charge in [0.1, 0.15) is 0 Å². The molecule has 1 aliphatic heterocycles. The zero-order chi connectivity index (χ0) is 15.1. The Bertz CT molecular complexity index is 519. The molecule has 4 nitrogen and oxygen atoms in total. The molecule has 0 unspecified atom stereocenters. The molecule has 1 aliphatic rings. The lowest BCUT2D eigenvalue weighted by Gasteiger charge is -2.47. The first-order valence-corrected chi connectivity index (χ1v) is 6.95. The first-order valence-electron chi connectivity index (χ1n) is 6.95. The summed E-state index contributed by atoms with van der Waals surface area (Å²) in [5, 5.41) is 0. The van der Waals surface area contributed by atoms with Crippen molar-refractivity contribution >= 4 is 11.6 Å². The van der Waals surface area contributed by atoms with Gasteiger partial charge in [0.2, 0.25) is 0 Å². The number of aryl methyl sites for hydroxylation is 1. The highest BCUT2D eigenvalue weighted by molar-refractivity contribution is 5.96. The van der Waals surface area contributed by atoms with Crippen LogP contribution >= 0.6 is 0 Å². The number of anilines is 1. The van der Waals surface area contributed by atoms with Gasteiger partial charge < -0.3 is 15.4 Å². The van der Waals surface area contributed by atoms with E-state index in [1.807, 2.05) is 51.7 Å². The maximum atomic E-state index is 12.7. The Kier molecular flexibility index (Phi) is 3.54. The SMILES string of the molecule is Cc1cc(N)ccc1C(=O)N1CC(C)(C)OC(C)(C)C1. The molecule has 2 N–H and O–H groups in total. The van der Waals surface area contributed by atoms with E-state index in [0.717, 1.165) is 5.56 Å². The largest absolute Gasteiger partial charge is 0.399 e. The van der Waals surface area contributed by atoms with Crippen LogP contribution in [0, 0.1) is 6.92 Å². The first-order chi connectivity index (χ1) is 9.10. The minimum absolute atomic E-state index is 0.0481. The highest BCUT2D eigenvalue weighted by atomic mass is 16.5. The molecule has 20 heavy (non-hydrogen) atoms. The summed E-state index contributed by atoms with van der Waals surface area (Å²) in [6, 6.07) is 5.42. The van der Waals surface area contributed by atoms with Crippen molar-refractivity contribution in [2.75, 3.05) is 18.8 Å². The molecule has 1 fully saturated rings. The molecule has 2 rings (SSSR count). The minimum Gasteiger partial charge on any atom is -0.399 e. The third-order valence-electron chi connectivity index (χ3n) is 3.46. The van der Waals surface area contributed by atoms with Crippen LogP contribution in [-0.2, 0) is 4.74 Å². The molecular weight excluding hydrogens is 252 g/mol. The Morgan fingerprint density at radius 3 is 2.25 bits per heavy atom. The first kappa shape index (κ1) is 14.9. The minimum atomic E-state index is -0.334. The van der Waals surface area contributed by atoms with Crippen LogP contribution in [0.15, 0.2) is 18.2 Å². The van der Waals surface area contributed by atoms with Crippen LogP contribution in [0.4, 0.5) is 5.69 Å². The fourth-order valence-electron chi connectivity index (χ4n) is 3.03. The van der Waals surface area contributed by atoms with Gasteiger partial charge in [-0.15, -0.1) is 0 Å². The van der Waals surface area contributed by atoms with Gasteiger partial charge in [0, 0.05) is 24.3 Å². The third-order valence-corrected chi connectivity index (χ3v) is 3.46. The van der Waals surface area contributed by atoms with Crippen molar-refractivity contribution in [1.82, 2.24) is 4.90 Å². The van der Waals surface area contributed by atoms with E-state index in [2.05, 4.69) is 0 Å². The normalized spacial score (nSPS) is 20.8. The smallest absolute Gasteiger partial charge is 0.254 e. The molecule has 110 valence electrons. The number of carbonyl (C=O) groups is 1. The van der Waals surface area contributed by atoms with Crippen molar-refractivity contribution in [2.24, 2.45) is 0 Å². The molecular formula is C16H24N2O2. The van der Waals surface area contributed by atoms with E-state index >= 15 is 0 Å². The lowest BCUT2D eigenvalue weighted by molar-refractivity contribution is -0.171. The van der Waals surface area contributed by atoms with Crippen molar-refractivity contribution in [3.63, 3.8) is 0 Å². The molecule has 0 radical (unpaired) electrons. The quantitative estimate of drug-likeness (QED) is 0.802. The maximum Gasteiger partial charge on any atom is 0.254 e. The Hall–Kier alpha value is -1.55. The number of rotatable bonds is 1. The molecule has 0 aliphatic carbocycles. The summed E-state index contributed by atoms with van der Waals surface area (Å²) in [5.74, 6) is 0.0481. The number of benzene rings is 1. The summed E-state index contributed by atoms with van der Waals surface area (Å²) in [7, 11) is 0.